The van der Waals surface area contributed by atoms with Gasteiger partial charge in [-0.25, -0.2) is 0 Å². The molecule has 0 amide bonds. The van der Waals surface area contributed by atoms with Crippen LogP contribution in [0.15, 0.2) is 69.5 Å². The number of nitrogens with zero attached hydrogens (tertiary/aromatic N) is 2. The van der Waals surface area contributed by atoms with Crippen molar-refractivity contribution >= 4 is 22.7 Å². The first-order valence-electron chi connectivity index (χ1n) is 9.14. The van der Waals surface area contributed by atoms with Gasteiger partial charge in [-0.15, -0.1) is 10.2 Å². The number of ether oxygens (including phenoxy) is 1. The largest absolute Gasteiger partial charge is 0.489 e. The number of rotatable bonds is 6. The summed E-state index contributed by atoms with van der Waals surface area (Å²) in [6, 6.07) is 19.5. The number of halogens is 1. The molecule has 0 aliphatic carbocycles. The SMILES string of the molecule is Cc1cc(-c2nnc(/C(Cl)=C/c3cccc(OCc4ccccc4)c3)o2)c(C)o1. The Morgan fingerprint density at radius 3 is 2.59 bits per heavy atom. The molecule has 0 atom stereocenters. The summed E-state index contributed by atoms with van der Waals surface area (Å²) in [5.74, 6) is 2.88. The molecule has 2 aromatic heterocycles. The fourth-order valence-corrected chi connectivity index (χ4v) is 3.12. The van der Waals surface area contributed by atoms with Crippen LogP contribution in [0.3, 0.4) is 0 Å². The van der Waals surface area contributed by atoms with E-state index < -0.39 is 0 Å². The molecule has 0 spiro atoms. The molecular weight excluding hydrogens is 388 g/mol. The highest BCUT2D eigenvalue weighted by molar-refractivity contribution is 6.50. The van der Waals surface area contributed by atoms with Gasteiger partial charge in [0.05, 0.1) is 5.56 Å². The second kappa shape index (κ2) is 8.37. The van der Waals surface area contributed by atoms with Crippen molar-refractivity contribution in [3.8, 4) is 17.2 Å². The molecule has 0 fully saturated rings. The maximum absolute atomic E-state index is 6.41. The lowest BCUT2D eigenvalue weighted by atomic mass is 10.2. The van der Waals surface area contributed by atoms with Crippen LogP contribution in [0, 0.1) is 13.8 Å². The van der Waals surface area contributed by atoms with E-state index >= 15 is 0 Å². The fourth-order valence-electron chi connectivity index (χ4n) is 2.91. The lowest BCUT2D eigenvalue weighted by molar-refractivity contribution is 0.306. The van der Waals surface area contributed by atoms with Crippen molar-refractivity contribution in [2.24, 2.45) is 0 Å². The van der Waals surface area contributed by atoms with Crippen LogP contribution in [-0.2, 0) is 6.61 Å². The maximum atomic E-state index is 6.41. The Labute approximate surface area is 173 Å². The lowest BCUT2D eigenvalue weighted by Crippen LogP contribution is -1.94. The van der Waals surface area contributed by atoms with Crippen molar-refractivity contribution in [1.29, 1.82) is 0 Å². The average molecular weight is 407 g/mol. The molecule has 0 saturated carbocycles. The fraction of sp³-hybridized carbons (Fsp3) is 0.130. The first-order valence-corrected chi connectivity index (χ1v) is 9.51. The number of aryl methyl sites for hydroxylation is 2. The molecule has 146 valence electrons. The van der Waals surface area contributed by atoms with Gasteiger partial charge in [0.25, 0.3) is 11.8 Å². The van der Waals surface area contributed by atoms with Crippen molar-refractivity contribution < 1.29 is 13.6 Å². The van der Waals surface area contributed by atoms with Crippen LogP contribution < -0.4 is 4.74 Å². The van der Waals surface area contributed by atoms with Crippen molar-refractivity contribution in [3.05, 3.63) is 89.2 Å². The number of hydrogen-bond acceptors (Lipinski definition) is 5. The Kier molecular flexibility index (Phi) is 5.49. The van der Waals surface area contributed by atoms with Crippen LogP contribution in [0.25, 0.3) is 22.6 Å². The van der Waals surface area contributed by atoms with Gasteiger partial charge >= 0.3 is 0 Å². The molecule has 4 aromatic rings. The van der Waals surface area contributed by atoms with Crippen LogP contribution in [0.5, 0.6) is 5.75 Å². The third-order valence-electron chi connectivity index (χ3n) is 4.30. The molecule has 0 radical (unpaired) electrons. The number of furan rings is 1. The second-order valence-electron chi connectivity index (χ2n) is 6.58. The minimum atomic E-state index is 0.246. The average Bonchev–Trinajstić information content (AvgIpc) is 3.34. The van der Waals surface area contributed by atoms with Gasteiger partial charge in [-0.05, 0) is 49.2 Å². The zero-order valence-corrected chi connectivity index (χ0v) is 16.8. The first kappa shape index (κ1) is 19.0. The number of hydrogen-bond donors (Lipinski definition) is 0. The van der Waals surface area contributed by atoms with Crippen molar-refractivity contribution in [2.75, 3.05) is 0 Å². The summed E-state index contributed by atoms with van der Waals surface area (Å²) < 4.78 is 17.1. The zero-order chi connectivity index (χ0) is 20.2. The molecule has 6 heteroatoms. The standard InChI is InChI=1S/C23H19ClN2O3/c1-15-11-20(16(2)28-15)22-25-26-23(29-22)21(24)13-18-9-6-10-19(12-18)27-14-17-7-4-3-5-8-17/h3-13H,14H2,1-2H3/b21-13-. The Bertz CT molecular complexity index is 1150. The highest BCUT2D eigenvalue weighted by Gasteiger charge is 2.16. The van der Waals surface area contributed by atoms with E-state index in [0.717, 1.165) is 34.0 Å². The highest BCUT2D eigenvalue weighted by atomic mass is 35.5. The molecule has 0 aliphatic rings. The van der Waals surface area contributed by atoms with Crippen LogP contribution >= 0.6 is 11.6 Å². The number of aromatic nitrogens is 2. The third-order valence-corrected chi connectivity index (χ3v) is 4.57. The molecule has 4 rings (SSSR count). The molecule has 0 saturated heterocycles. The van der Waals surface area contributed by atoms with Gasteiger partial charge in [0, 0.05) is 0 Å². The number of benzene rings is 2. The predicted octanol–water partition coefficient (Wildman–Crippen LogP) is 6.26. The van der Waals surface area contributed by atoms with E-state index in [9.17, 15) is 0 Å². The topological polar surface area (TPSA) is 61.3 Å². The molecule has 0 unspecified atom stereocenters. The molecule has 2 aromatic carbocycles. The van der Waals surface area contributed by atoms with Gasteiger partial charge in [0.1, 0.15) is 28.9 Å². The summed E-state index contributed by atoms with van der Waals surface area (Å²) in [6.07, 6.45) is 1.77. The van der Waals surface area contributed by atoms with E-state index in [4.69, 9.17) is 25.2 Å². The van der Waals surface area contributed by atoms with Crippen LogP contribution in [0.1, 0.15) is 28.5 Å². The van der Waals surface area contributed by atoms with E-state index in [0.29, 0.717) is 17.5 Å². The summed E-state index contributed by atoms with van der Waals surface area (Å²) in [4.78, 5) is 0. The molecule has 5 nitrogen and oxygen atoms in total. The van der Waals surface area contributed by atoms with Crippen LogP contribution in [0.2, 0.25) is 0 Å². The Hall–Kier alpha value is -3.31. The quantitative estimate of drug-likeness (QED) is 0.378. The van der Waals surface area contributed by atoms with E-state index in [1.807, 2.05) is 74.5 Å². The molecule has 0 bridgehead atoms. The van der Waals surface area contributed by atoms with Crippen molar-refractivity contribution in [2.45, 2.75) is 20.5 Å². The Morgan fingerprint density at radius 2 is 1.83 bits per heavy atom. The Balaban J connectivity index is 1.50. The lowest BCUT2D eigenvalue weighted by Gasteiger charge is -2.07. The monoisotopic (exact) mass is 406 g/mol. The van der Waals surface area contributed by atoms with E-state index in [-0.39, 0.29) is 5.89 Å². The van der Waals surface area contributed by atoms with Gasteiger partial charge in [0.15, 0.2) is 0 Å². The van der Waals surface area contributed by atoms with Gasteiger partial charge in [0.2, 0.25) is 0 Å². The van der Waals surface area contributed by atoms with Crippen LogP contribution in [-0.4, -0.2) is 10.2 Å². The molecular formula is C23H19ClN2O3. The molecule has 2 heterocycles. The van der Waals surface area contributed by atoms with E-state index in [2.05, 4.69) is 10.2 Å². The van der Waals surface area contributed by atoms with E-state index in [1.54, 1.807) is 6.08 Å². The normalized spacial score (nSPS) is 11.6. The van der Waals surface area contributed by atoms with E-state index in [1.165, 1.54) is 0 Å². The summed E-state index contributed by atoms with van der Waals surface area (Å²) in [5, 5.41) is 8.47. The summed E-state index contributed by atoms with van der Waals surface area (Å²) >= 11 is 6.41. The summed E-state index contributed by atoms with van der Waals surface area (Å²) in [5.41, 5.74) is 2.74. The maximum Gasteiger partial charge on any atom is 0.259 e. The van der Waals surface area contributed by atoms with Gasteiger partial charge in [-0.1, -0.05) is 54.1 Å². The summed E-state index contributed by atoms with van der Waals surface area (Å²) in [7, 11) is 0. The molecule has 29 heavy (non-hydrogen) atoms. The van der Waals surface area contributed by atoms with Gasteiger partial charge in [-0.3, -0.25) is 0 Å². The van der Waals surface area contributed by atoms with Gasteiger partial charge in [-0.2, -0.15) is 0 Å². The van der Waals surface area contributed by atoms with Crippen LogP contribution in [0.4, 0.5) is 0 Å². The zero-order valence-electron chi connectivity index (χ0n) is 16.1. The predicted molar refractivity (Wildman–Crippen MR) is 112 cm³/mol. The summed E-state index contributed by atoms with van der Waals surface area (Å²) in [6.45, 7) is 4.22. The Morgan fingerprint density at radius 1 is 1.00 bits per heavy atom. The minimum absolute atomic E-state index is 0.246. The minimum Gasteiger partial charge on any atom is -0.489 e. The van der Waals surface area contributed by atoms with Gasteiger partial charge < -0.3 is 13.6 Å². The third kappa shape index (κ3) is 4.58. The van der Waals surface area contributed by atoms with Crippen molar-refractivity contribution in [1.82, 2.24) is 10.2 Å². The second-order valence-corrected chi connectivity index (χ2v) is 6.99. The highest BCUT2D eigenvalue weighted by Crippen LogP contribution is 2.29. The molecule has 0 N–H and O–H groups in total. The first-order chi connectivity index (χ1) is 14.1. The smallest absolute Gasteiger partial charge is 0.259 e. The van der Waals surface area contributed by atoms with Crippen molar-refractivity contribution in [3.63, 3.8) is 0 Å². The molecule has 0 aliphatic heterocycles.